The van der Waals surface area contributed by atoms with Crippen LogP contribution in [0.15, 0.2) is 0 Å². The Bertz CT molecular complexity index is 339. The van der Waals surface area contributed by atoms with Gasteiger partial charge in [0.25, 0.3) is 0 Å². The lowest BCUT2D eigenvalue weighted by Crippen LogP contribution is -2.59. The Labute approximate surface area is 127 Å². The molecule has 1 fully saturated rings. The Morgan fingerprint density at radius 2 is 1.86 bits per heavy atom. The fourth-order valence-corrected chi connectivity index (χ4v) is 2.53. The number of rotatable bonds is 8. The lowest BCUT2D eigenvalue weighted by molar-refractivity contribution is -0.127. The van der Waals surface area contributed by atoms with Crippen LogP contribution in [-0.4, -0.2) is 43.8 Å². The van der Waals surface area contributed by atoms with E-state index in [-0.39, 0.29) is 11.9 Å². The zero-order valence-electron chi connectivity index (χ0n) is 13.5. The summed E-state index contributed by atoms with van der Waals surface area (Å²) in [4.78, 5) is 24.1. The molecule has 1 rings (SSSR count). The smallest absolute Gasteiger partial charge is 0.315 e. The van der Waals surface area contributed by atoms with Crippen molar-refractivity contribution < 1.29 is 14.3 Å². The average Bonchev–Trinajstić information content (AvgIpc) is 2.87. The van der Waals surface area contributed by atoms with E-state index in [2.05, 4.69) is 29.8 Å². The second-order valence-electron chi connectivity index (χ2n) is 6.00. The largest absolute Gasteiger partial charge is 0.379 e. The van der Waals surface area contributed by atoms with E-state index < -0.39 is 5.54 Å². The van der Waals surface area contributed by atoms with Crippen molar-refractivity contribution in [2.45, 2.75) is 52.0 Å². The van der Waals surface area contributed by atoms with Gasteiger partial charge in [0.2, 0.25) is 5.91 Å². The summed E-state index contributed by atoms with van der Waals surface area (Å²) in [6.45, 7) is 8.24. The highest BCUT2D eigenvalue weighted by molar-refractivity contribution is 5.91. The Kier molecular flexibility index (Phi) is 7.50. The highest BCUT2D eigenvalue weighted by atomic mass is 16.5. The summed E-state index contributed by atoms with van der Waals surface area (Å²) in [7, 11) is 0. The molecule has 0 aromatic rings. The number of nitrogens with one attached hydrogen (secondary N) is 3. The zero-order valence-corrected chi connectivity index (χ0v) is 13.5. The highest BCUT2D eigenvalue weighted by Crippen LogP contribution is 2.29. The third-order valence-electron chi connectivity index (χ3n) is 3.57. The minimum atomic E-state index is -0.753. The van der Waals surface area contributed by atoms with Crippen molar-refractivity contribution in [3.8, 4) is 0 Å². The molecule has 0 atom stereocenters. The third kappa shape index (κ3) is 5.91. The van der Waals surface area contributed by atoms with Crippen LogP contribution in [0.25, 0.3) is 0 Å². The first-order chi connectivity index (χ1) is 10.00. The van der Waals surface area contributed by atoms with Crippen LogP contribution in [-0.2, 0) is 9.53 Å². The van der Waals surface area contributed by atoms with Crippen molar-refractivity contribution >= 4 is 11.9 Å². The van der Waals surface area contributed by atoms with Gasteiger partial charge in [-0.2, -0.15) is 0 Å². The minimum absolute atomic E-state index is 0.0978. The lowest BCUT2D eigenvalue weighted by Gasteiger charge is -2.29. The monoisotopic (exact) mass is 299 g/mol. The molecule has 3 amide bonds. The summed E-state index contributed by atoms with van der Waals surface area (Å²) in [5.74, 6) is 0.390. The van der Waals surface area contributed by atoms with Crippen LogP contribution >= 0.6 is 0 Å². The van der Waals surface area contributed by atoms with Crippen LogP contribution in [0.1, 0.15) is 46.5 Å². The van der Waals surface area contributed by atoms with Gasteiger partial charge in [-0.05, 0) is 25.7 Å². The summed E-state index contributed by atoms with van der Waals surface area (Å²) in [5.41, 5.74) is -0.753. The Hall–Kier alpha value is -1.30. The fourth-order valence-electron chi connectivity index (χ4n) is 2.53. The molecule has 6 heteroatoms. The lowest BCUT2D eigenvalue weighted by atomic mass is 9.96. The molecule has 0 heterocycles. The Balaban J connectivity index is 2.40. The van der Waals surface area contributed by atoms with Gasteiger partial charge in [-0.1, -0.05) is 26.7 Å². The molecule has 0 spiro atoms. The second kappa shape index (κ2) is 8.87. The van der Waals surface area contributed by atoms with Crippen LogP contribution in [0, 0.1) is 5.92 Å². The van der Waals surface area contributed by atoms with Crippen molar-refractivity contribution in [2.24, 2.45) is 5.92 Å². The number of urea groups is 1. The van der Waals surface area contributed by atoms with Gasteiger partial charge < -0.3 is 20.7 Å². The van der Waals surface area contributed by atoms with E-state index in [1.54, 1.807) is 0 Å². The van der Waals surface area contributed by atoms with Crippen molar-refractivity contribution in [2.75, 3.05) is 26.3 Å². The first kappa shape index (κ1) is 17.8. The van der Waals surface area contributed by atoms with E-state index in [0.717, 1.165) is 12.8 Å². The Morgan fingerprint density at radius 3 is 2.43 bits per heavy atom. The van der Waals surface area contributed by atoms with Gasteiger partial charge >= 0.3 is 6.03 Å². The highest BCUT2D eigenvalue weighted by Gasteiger charge is 2.42. The number of ether oxygens (including phenoxy) is 1. The van der Waals surface area contributed by atoms with E-state index in [9.17, 15) is 9.59 Å². The average molecular weight is 299 g/mol. The molecule has 0 bridgehead atoms. The number of hydrogen-bond donors (Lipinski definition) is 3. The SMILES string of the molecule is CCNC(=O)NC1(C(=O)NCCOCC(C)C)CCCC1. The summed E-state index contributed by atoms with van der Waals surface area (Å²) >= 11 is 0. The molecule has 0 aromatic carbocycles. The number of amides is 3. The summed E-state index contributed by atoms with van der Waals surface area (Å²) in [6.07, 6.45) is 3.32. The predicted molar refractivity (Wildman–Crippen MR) is 82.1 cm³/mol. The quantitative estimate of drug-likeness (QED) is 0.593. The standard InChI is InChI=1S/C15H29N3O3/c1-4-16-14(20)18-15(7-5-6-8-15)13(19)17-9-10-21-11-12(2)3/h12H,4-11H2,1-3H3,(H,17,19)(H2,16,18,20). The number of hydrogen-bond acceptors (Lipinski definition) is 3. The molecular weight excluding hydrogens is 270 g/mol. The third-order valence-corrected chi connectivity index (χ3v) is 3.57. The van der Waals surface area contributed by atoms with Gasteiger partial charge in [0.05, 0.1) is 6.61 Å². The van der Waals surface area contributed by atoms with Crippen LogP contribution in [0.3, 0.4) is 0 Å². The Morgan fingerprint density at radius 1 is 1.19 bits per heavy atom. The first-order valence-electron chi connectivity index (χ1n) is 7.92. The summed E-state index contributed by atoms with van der Waals surface area (Å²) < 4.78 is 5.45. The summed E-state index contributed by atoms with van der Waals surface area (Å²) in [6, 6.07) is -0.273. The van der Waals surface area contributed by atoms with Crippen LogP contribution < -0.4 is 16.0 Å². The van der Waals surface area contributed by atoms with Gasteiger partial charge in [0, 0.05) is 19.7 Å². The van der Waals surface area contributed by atoms with Gasteiger partial charge in [0.1, 0.15) is 5.54 Å². The van der Waals surface area contributed by atoms with Crippen molar-refractivity contribution in [1.82, 2.24) is 16.0 Å². The maximum Gasteiger partial charge on any atom is 0.315 e. The van der Waals surface area contributed by atoms with Crippen molar-refractivity contribution in [3.63, 3.8) is 0 Å². The molecular formula is C15H29N3O3. The molecule has 1 saturated carbocycles. The molecule has 21 heavy (non-hydrogen) atoms. The summed E-state index contributed by atoms with van der Waals surface area (Å²) in [5, 5.41) is 8.42. The number of carbonyl (C=O) groups excluding carboxylic acids is 2. The van der Waals surface area contributed by atoms with Crippen molar-refractivity contribution in [3.05, 3.63) is 0 Å². The van der Waals surface area contributed by atoms with Crippen LogP contribution in [0.5, 0.6) is 0 Å². The van der Waals surface area contributed by atoms with Crippen LogP contribution in [0.4, 0.5) is 4.79 Å². The van der Waals surface area contributed by atoms with Gasteiger partial charge in [0.15, 0.2) is 0 Å². The van der Waals surface area contributed by atoms with E-state index >= 15 is 0 Å². The molecule has 0 unspecified atom stereocenters. The fraction of sp³-hybridized carbons (Fsp3) is 0.867. The molecule has 0 saturated heterocycles. The van der Waals surface area contributed by atoms with E-state index in [0.29, 0.717) is 45.1 Å². The van der Waals surface area contributed by atoms with E-state index in [1.165, 1.54) is 0 Å². The second-order valence-corrected chi connectivity index (χ2v) is 6.00. The van der Waals surface area contributed by atoms with Crippen LogP contribution in [0.2, 0.25) is 0 Å². The molecule has 0 aliphatic heterocycles. The first-order valence-corrected chi connectivity index (χ1v) is 7.92. The molecule has 3 N–H and O–H groups in total. The topological polar surface area (TPSA) is 79.5 Å². The predicted octanol–water partition coefficient (Wildman–Crippen LogP) is 1.41. The molecule has 1 aliphatic carbocycles. The molecule has 1 aliphatic rings. The van der Waals surface area contributed by atoms with Crippen molar-refractivity contribution in [1.29, 1.82) is 0 Å². The molecule has 6 nitrogen and oxygen atoms in total. The maximum atomic E-state index is 12.4. The van der Waals surface area contributed by atoms with E-state index in [4.69, 9.17) is 4.74 Å². The van der Waals surface area contributed by atoms with Gasteiger partial charge in [-0.3, -0.25) is 4.79 Å². The van der Waals surface area contributed by atoms with Gasteiger partial charge in [-0.25, -0.2) is 4.79 Å². The maximum absolute atomic E-state index is 12.4. The van der Waals surface area contributed by atoms with E-state index in [1.807, 2.05) is 6.92 Å². The molecule has 0 aromatic heterocycles. The zero-order chi connectivity index (χ0) is 15.7. The molecule has 0 radical (unpaired) electrons. The minimum Gasteiger partial charge on any atom is -0.379 e. The number of carbonyl (C=O) groups is 2. The normalized spacial score (nSPS) is 16.8. The van der Waals surface area contributed by atoms with Gasteiger partial charge in [-0.15, -0.1) is 0 Å². The molecule has 122 valence electrons.